The molecule has 1 aromatic rings. The molecule has 1 amide bonds. The number of guanidine groups is 1. The number of hydrogen-bond acceptors (Lipinski definition) is 5. The van der Waals surface area contributed by atoms with Crippen LogP contribution in [0.1, 0.15) is 45.4 Å². The van der Waals surface area contributed by atoms with Crippen molar-refractivity contribution in [2.45, 2.75) is 45.4 Å². The van der Waals surface area contributed by atoms with Crippen LogP contribution in [0.5, 0.6) is 5.75 Å². The summed E-state index contributed by atoms with van der Waals surface area (Å²) >= 11 is 0. The number of benzene rings is 1. The lowest BCUT2D eigenvalue weighted by atomic mass is 10.1. The minimum absolute atomic E-state index is 0.174. The molecule has 1 aromatic carbocycles. The van der Waals surface area contributed by atoms with E-state index in [1.807, 2.05) is 24.3 Å². The quantitative estimate of drug-likeness (QED) is 0.510. The van der Waals surface area contributed by atoms with Crippen LogP contribution in [0.15, 0.2) is 45.4 Å². The first-order valence-corrected chi connectivity index (χ1v) is 9.90. The number of nitrogens with zero attached hydrogens (tertiary/aromatic N) is 2. The Morgan fingerprint density at radius 2 is 1.86 bits per heavy atom. The van der Waals surface area contributed by atoms with E-state index in [0.29, 0.717) is 18.0 Å². The van der Waals surface area contributed by atoms with Gasteiger partial charge < -0.3 is 10.1 Å². The van der Waals surface area contributed by atoms with Gasteiger partial charge in [-0.3, -0.25) is 15.5 Å². The third kappa shape index (κ3) is 5.28. The van der Waals surface area contributed by atoms with E-state index in [0.717, 1.165) is 30.0 Å². The molecule has 0 bridgehead atoms. The molecule has 0 radical (unpaired) electrons. The van der Waals surface area contributed by atoms with Gasteiger partial charge in [0.15, 0.2) is 5.84 Å². The Bertz CT molecular complexity index is 809. The smallest absolute Gasteiger partial charge is 0.262 e. The van der Waals surface area contributed by atoms with E-state index in [4.69, 9.17) is 10.1 Å². The number of fused-ring (bicyclic) bond motifs is 1. The van der Waals surface area contributed by atoms with E-state index in [2.05, 4.69) is 27.5 Å². The van der Waals surface area contributed by atoms with Crippen molar-refractivity contribution in [2.75, 3.05) is 18.5 Å². The molecule has 0 aliphatic carbocycles. The van der Waals surface area contributed by atoms with Gasteiger partial charge in [0.2, 0.25) is 5.96 Å². The number of amides is 1. The first kappa shape index (κ1) is 19.8. The molecular weight excluding hydrogens is 354 g/mol. The van der Waals surface area contributed by atoms with Gasteiger partial charge in [-0.2, -0.15) is 4.99 Å². The predicted octanol–water partition coefficient (Wildman–Crippen LogP) is 3.68. The second-order valence-electron chi connectivity index (χ2n) is 6.89. The number of hydrogen-bond donors (Lipinski definition) is 3. The van der Waals surface area contributed by atoms with Crippen LogP contribution in [-0.2, 0) is 4.79 Å². The number of unbranched alkanes of at least 4 members (excludes halogenated alkanes) is 5. The molecule has 0 spiro atoms. The predicted molar refractivity (Wildman–Crippen MR) is 113 cm³/mol. The third-order valence-corrected chi connectivity index (χ3v) is 4.67. The van der Waals surface area contributed by atoms with Gasteiger partial charge in [-0.15, -0.1) is 0 Å². The van der Waals surface area contributed by atoms with Crippen LogP contribution in [0.2, 0.25) is 0 Å². The highest BCUT2D eigenvalue weighted by Crippen LogP contribution is 2.20. The number of carbonyl (C=O) groups excluding carboxylic acids is 1. The maximum absolute atomic E-state index is 12.0. The molecule has 7 heteroatoms. The Hall–Kier alpha value is -2.96. The van der Waals surface area contributed by atoms with E-state index in [1.165, 1.54) is 32.1 Å². The molecular formula is C21H27N5O2. The summed E-state index contributed by atoms with van der Waals surface area (Å²) in [6.07, 6.45) is 9.12. The van der Waals surface area contributed by atoms with E-state index in [9.17, 15) is 4.79 Å². The number of nitrogens with one attached hydrogen (secondary N) is 3. The van der Waals surface area contributed by atoms with Crippen molar-refractivity contribution in [3.63, 3.8) is 0 Å². The molecule has 3 N–H and O–H groups in total. The second-order valence-corrected chi connectivity index (χ2v) is 6.89. The number of ether oxygens (including phenoxy) is 1. The van der Waals surface area contributed by atoms with Gasteiger partial charge in [-0.25, -0.2) is 4.99 Å². The van der Waals surface area contributed by atoms with Crippen molar-refractivity contribution in [1.82, 2.24) is 5.32 Å². The zero-order chi connectivity index (χ0) is 19.8. The summed E-state index contributed by atoms with van der Waals surface area (Å²) in [5, 5.41) is 13.1. The SMILES string of the molecule is CCCCCCCCOc1ccc(NCC2=C3C(=O)NC(=N)N=C3N=C2)cc1. The van der Waals surface area contributed by atoms with Gasteiger partial charge in [0.05, 0.1) is 12.2 Å². The molecule has 0 saturated carbocycles. The molecule has 2 aliphatic heterocycles. The Kier molecular flexibility index (Phi) is 6.94. The molecule has 2 heterocycles. The number of amidine groups is 1. The molecule has 2 aliphatic rings. The summed E-state index contributed by atoms with van der Waals surface area (Å²) in [7, 11) is 0. The Balaban J connectivity index is 1.44. The van der Waals surface area contributed by atoms with Crippen LogP contribution in [0, 0.1) is 5.41 Å². The fraction of sp³-hybridized carbons (Fsp3) is 0.429. The van der Waals surface area contributed by atoms with Crippen LogP contribution >= 0.6 is 0 Å². The van der Waals surface area contributed by atoms with Crippen molar-refractivity contribution >= 4 is 29.6 Å². The molecule has 28 heavy (non-hydrogen) atoms. The maximum atomic E-state index is 12.0. The van der Waals surface area contributed by atoms with Crippen molar-refractivity contribution < 1.29 is 9.53 Å². The second kappa shape index (κ2) is 9.82. The van der Waals surface area contributed by atoms with Crippen LogP contribution in [-0.4, -0.2) is 37.1 Å². The molecule has 0 fully saturated rings. The van der Waals surface area contributed by atoms with E-state index in [1.54, 1.807) is 6.21 Å². The topological polar surface area (TPSA) is 98.9 Å². The monoisotopic (exact) mass is 381 g/mol. The molecule has 7 nitrogen and oxygen atoms in total. The van der Waals surface area contributed by atoms with Gasteiger partial charge in [0, 0.05) is 24.0 Å². The molecule has 0 atom stereocenters. The van der Waals surface area contributed by atoms with E-state index >= 15 is 0 Å². The molecule has 148 valence electrons. The Morgan fingerprint density at radius 1 is 1.11 bits per heavy atom. The summed E-state index contributed by atoms with van der Waals surface area (Å²) in [6.45, 7) is 3.43. The van der Waals surface area contributed by atoms with Gasteiger partial charge in [0.25, 0.3) is 5.91 Å². The fourth-order valence-electron chi connectivity index (χ4n) is 3.12. The normalized spacial score (nSPS) is 15.4. The zero-order valence-electron chi connectivity index (χ0n) is 16.3. The van der Waals surface area contributed by atoms with Gasteiger partial charge >= 0.3 is 0 Å². The van der Waals surface area contributed by atoms with Crippen molar-refractivity contribution in [3.8, 4) is 5.75 Å². The summed E-state index contributed by atoms with van der Waals surface area (Å²) < 4.78 is 5.79. The molecule has 0 saturated heterocycles. The van der Waals surface area contributed by atoms with Gasteiger partial charge in [0.1, 0.15) is 5.75 Å². The summed E-state index contributed by atoms with van der Waals surface area (Å²) in [4.78, 5) is 20.1. The minimum Gasteiger partial charge on any atom is -0.494 e. The fourth-order valence-corrected chi connectivity index (χ4v) is 3.12. The highest BCUT2D eigenvalue weighted by molar-refractivity contribution is 6.35. The lowest BCUT2D eigenvalue weighted by molar-refractivity contribution is -0.115. The Morgan fingerprint density at radius 3 is 2.64 bits per heavy atom. The van der Waals surface area contributed by atoms with Gasteiger partial charge in [-0.05, 0) is 30.7 Å². The van der Waals surface area contributed by atoms with Crippen LogP contribution in [0.4, 0.5) is 5.69 Å². The first-order valence-electron chi connectivity index (χ1n) is 9.90. The van der Waals surface area contributed by atoms with Crippen LogP contribution in [0.3, 0.4) is 0 Å². The standard InChI is InChI=1S/C21H27N5O2/c1-2-3-4-5-6-7-12-28-17-10-8-16(9-11-17)23-13-15-14-24-19-18(15)20(27)26-21(22)25-19/h8-11,14,23H,2-7,12-13H2,1H3,(H2,22,26,27). The van der Waals surface area contributed by atoms with Crippen LogP contribution < -0.4 is 15.4 Å². The number of aliphatic imine (C=N–C) groups is 2. The maximum Gasteiger partial charge on any atom is 0.262 e. The van der Waals surface area contributed by atoms with Crippen molar-refractivity contribution in [2.24, 2.45) is 9.98 Å². The van der Waals surface area contributed by atoms with E-state index < -0.39 is 0 Å². The molecule has 0 unspecified atom stereocenters. The lowest BCUT2D eigenvalue weighted by Gasteiger charge is -2.13. The average Bonchev–Trinajstić information content (AvgIpc) is 3.09. The first-order chi connectivity index (χ1) is 13.7. The minimum atomic E-state index is -0.331. The highest BCUT2D eigenvalue weighted by atomic mass is 16.5. The summed E-state index contributed by atoms with van der Waals surface area (Å²) in [6, 6.07) is 7.81. The molecule has 3 rings (SSSR count). The van der Waals surface area contributed by atoms with Crippen molar-refractivity contribution in [1.29, 1.82) is 5.41 Å². The Labute approximate surface area is 165 Å². The number of carbonyl (C=O) groups is 1. The number of anilines is 1. The van der Waals surface area contributed by atoms with E-state index in [-0.39, 0.29) is 11.9 Å². The summed E-state index contributed by atoms with van der Waals surface area (Å²) in [5.41, 5.74) is 2.12. The highest BCUT2D eigenvalue weighted by Gasteiger charge is 2.28. The van der Waals surface area contributed by atoms with Crippen LogP contribution in [0.25, 0.3) is 0 Å². The summed E-state index contributed by atoms with van der Waals surface area (Å²) in [5.74, 6) is 0.668. The van der Waals surface area contributed by atoms with Crippen molar-refractivity contribution in [3.05, 3.63) is 35.4 Å². The lowest BCUT2D eigenvalue weighted by Crippen LogP contribution is -2.37. The number of rotatable bonds is 11. The average molecular weight is 381 g/mol. The van der Waals surface area contributed by atoms with Gasteiger partial charge in [-0.1, -0.05) is 39.0 Å². The zero-order valence-corrected chi connectivity index (χ0v) is 16.3. The third-order valence-electron chi connectivity index (χ3n) is 4.67. The molecule has 0 aromatic heterocycles. The largest absolute Gasteiger partial charge is 0.494 e.